The van der Waals surface area contributed by atoms with Gasteiger partial charge in [0.1, 0.15) is 10.6 Å². The molecule has 0 bridgehead atoms. The van der Waals surface area contributed by atoms with Crippen molar-refractivity contribution in [3.63, 3.8) is 0 Å². The van der Waals surface area contributed by atoms with Crippen LogP contribution >= 0.6 is 11.3 Å². The number of amides is 1. The fourth-order valence-corrected chi connectivity index (χ4v) is 4.66. The van der Waals surface area contributed by atoms with Gasteiger partial charge in [0.25, 0.3) is 0 Å². The lowest BCUT2D eigenvalue weighted by atomic mass is 9.91. The molecule has 0 N–H and O–H groups in total. The van der Waals surface area contributed by atoms with E-state index in [0.717, 1.165) is 22.9 Å². The lowest BCUT2D eigenvalue weighted by molar-refractivity contribution is 0.0270. The predicted molar refractivity (Wildman–Crippen MR) is 127 cm³/mol. The summed E-state index contributed by atoms with van der Waals surface area (Å²) in [5, 5.41) is 1.08. The molecular formula is C25H36N2O2S. The normalized spacial score (nSPS) is 17.0. The van der Waals surface area contributed by atoms with Crippen molar-refractivity contribution >= 4 is 33.2 Å². The van der Waals surface area contributed by atoms with Crippen LogP contribution in [-0.4, -0.2) is 34.7 Å². The summed E-state index contributed by atoms with van der Waals surface area (Å²) in [6, 6.07) is 6.76. The first kappa shape index (κ1) is 22.8. The Hall–Kier alpha value is -1.88. The molecule has 2 atom stereocenters. The van der Waals surface area contributed by atoms with Crippen molar-refractivity contribution in [2.75, 3.05) is 13.1 Å². The number of thiazole rings is 1. The summed E-state index contributed by atoms with van der Waals surface area (Å²) in [5.41, 5.74) is 3.26. The summed E-state index contributed by atoms with van der Waals surface area (Å²) in [4.78, 5) is 19.0. The van der Waals surface area contributed by atoms with Gasteiger partial charge in [-0.2, -0.15) is 0 Å². The first-order chi connectivity index (χ1) is 14.2. The molecule has 4 nitrogen and oxygen atoms in total. The molecule has 0 spiro atoms. The van der Waals surface area contributed by atoms with E-state index in [1.54, 1.807) is 16.2 Å². The van der Waals surface area contributed by atoms with Crippen LogP contribution in [0, 0.1) is 5.92 Å². The molecule has 3 rings (SSSR count). The SMILES string of the molecule is CC[C@@H](C)CC[C@@H](C)c1ccc2sc(C3=CCN(C(=O)OC(C)(C)C)CC3)nc2c1. The first-order valence-electron chi connectivity index (χ1n) is 11.2. The molecule has 0 aliphatic carbocycles. The van der Waals surface area contributed by atoms with Gasteiger partial charge < -0.3 is 9.64 Å². The van der Waals surface area contributed by atoms with E-state index >= 15 is 0 Å². The highest BCUT2D eigenvalue weighted by Crippen LogP contribution is 2.33. The van der Waals surface area contributed by atoms with E-state index in [1.165, 1.54) is 35.1 Å². The van der Waals surface area contributed by atoms with E-state index in [9.17, 15) is 4.79 Å². The third-order valence-corrected chi connectivity index (χ3v) is 7.02. The maximum Gasteiger partial charge on any atom is 0.410 e. The quantitative estimate of drug-likeness (QED) is 0.486. The number of hydrogen-bond acceptors (Lipinski definition) is 4. The molecule has 0 unspecified atom stereocenters. The maximum absolute atomic E-state index is 12.3. The van der Waals surface area contributed by atoms with Gasteiger partial charge in [-0.15, -0.1) is 11.3 Å². The van der Waals surface area contributed by atoms with Gasteiger partial charge >= 0.3 is 6.09 Å². The molecule has 30 heavy (non-hydrogen) atoms. The predicted octanol–water partition coefficient (Wildman–Crippen LogP) is 7.25. The average Bonchev–Trinajstić information content (AvgIpc) is 3.13. The molecule has 1 aromatic carbocycles. The Labute approximate surface area is 185 Å². The summed E-state index contributed by atoms with van der Waals surface area (Å²) in [6.45, 7) is 13.9. The van der Waals surface area contributed by atoms with Crippen molar-refractivity contribution in [1.82, 2.24) is 9.88 Å². The van der Waals surface area contributed by atoms with E-state index < -0.39 is 5.60 Å². The number of benzene rings is 1. The number of aromatic nitrogens is 1. The number of fused-ring (bicyclic) bond motifs is 1. The molecule has 0 fully saturated rings. The molecule has 5 heteroatoms. The van der Waals surface area contributed by atoms with E-state index in [2.05, 4.69) is 45.0 Å². The minimum absolute atomic E-state index is 0.238. The largest absolute Gasteiger partial charge is 0.444 e. The fraction of sp³-hybridized carbons (Fsp3) is 0.600. The molecule has 1 aromatic heterocycles. The van der Waals surface area contributed by atoms with Gasteiger partial charge in [-0.3, -0.25) is 0 Å². The molecule has 2 aromatic rings. The minimum atomic E-state index is -0.461. The number of carbonyl (C=O) groups excluding carboxylic acids is 1. The van der Waals surface area contributed by atoms with Crippen LogP contribution in [0.4, 0.5) is 4.79 Å². The summed E-state index contributed by atoms with van der Waals surface area (Å²) >= 11 is 1.75. The Kier molecular flexibility index (Phi) is 7.22. The van der Waals surface area contributed by atoms with Crippen molar-refractivity contribution in [1.29, 1.82) is 0 Å². The zero-order chi connectivity index (χ0) is 21.9. The van der Waals surface area contributed by atoms with Crippen molar-refractivity contribution in [3.05, 3.63) is 34.8 Å². The molecular weight excluding hydrogens is 392 g/mol. The van der Waals surface area contributed by atoms with Gasteiger partial charge in [0.05, 0.1) is 10.2 Å². The van der Waals surface area contributed by atoms with Gasteiger partial charge in [0.15, 0.2) is 0 Å². The second kappa shape index (κ2) is 9.51. The summed E-state index contributed by atoms with van der Waals surface area (Å²) in [7, 11) is 0. The van der Waals surface area contributed by atoms with Crippen molar-refractivity contribution in [3.8, 4) is 0 Å². The standard InChI is InChI=1S/C25H36N2O2S/c1-7-17(2)8-9-18(3)20-10-11-22-21(16-20)26-23(30-22)19-12-14-27(15-13-19)24(28)29-25(4,5)6/h10-12,16-18H,7-9,13-15H2,1-6H3/t17-,18-/m1/s1. The number of rotatable bonds is 6. The van der Waals surface area contributed by atoms with Crippen LogP contribution in [-0.2, 0) is 4.74 Å². The molecule has 0 saturated heterocycles. The zero-order valence-corrected chi connectivity index (χ0v) is 20.1. The lowest BCUT2D eigenvalue weighted by Gasteiger charge is -2.29. The van der Waals surface area contributed by atoms with E-state index in [1.807, 2.05) is 20.8 Å². The molecule has 0 saturated carbocycles. The average molecular weight is 429 g/mol. The highest BCUT2D eigenvalue weighted by molar-refractivity contribution is 7.19. The summed E-state index contributed by atoms with van der Waals surface area (Å²) < 4.78 is 6.72. The Morgan fingerprint density at radius 2 is 2.03 bits per heavy atom. The number of ether oxygens (including phenoxy) is 1. The van der Waals surface area contributed by atoms with Gasteiger partial charge in [0.2, 0.25) is 0 Å². The number of hydrogen-bond donors (Lipinski definition) is 0. The van der Waals surface area contributed by atoms with Crippen LogP contribution in [0.15, 0.2) is 24.3 Å². The minimum Gasteiger partial charge on any atom is -0.444 e. The maximum atomic E-state index is 12.3. The topological polar surface area (TPSA) is 42.4 Å². The molecule has 0 radical (unpaired) electrons. The van der Waals surface area contributed by atoms with Crippen molar-refractivity contribution in [2.45, 2.75) is 78.7 Å². The monoisotopic (exact) mass is 428 g/mol. The van der Waals surface area contributed by atoms with Gasteiger partial charge in [-0.1, -0.05) is 45.8 Å². The van der Waals surface area contributed by atoms with Gasteiger partial charge in [0, 0.05) is 13.1 Å². The Morgan fingerprint density at radius 1 is 1.27 bits per heavy atom. The molecule has 2 heterocycles. The molecule has 1 aliphatic rings. The zero-order valence-electron chi connectivity index (χ0n) is 19.3. The van der Waals surface area contributed by atoms with Crippen molar-refractivity contribution in [2.24, 2.45) is 5.92 Å². The second-order valence-electron chi connectivity index (χ2n) is 9.64. The van der Waals surface area contributed by atoms with E-state index in [-0.39, 0.29) is 6.09 Å². The Balaban J connectivity index is 1.68. The fourth-order valence-electron chi connectivity index (χ4n) is 3.65. The van der Waals surface area contributed by atoms with Crippen LogP contribution < -0.4 is 0 Å². The molecule has 1 aliphatic heterocycles. The third kappa shape index (κ3) is 5.84. The number of carbonyl (C=O) groups is 1. The third-order valence-electron chi connectivity index (χ3n) is 5.91. The van der Waals surface area contributed by atoms with Crippen LogP contribution in [0.3, 0.4) is 0 Å². The van der Waals surface area contributed by atoms with Gasteiger partial charge in [-0.05, 0) is 68.7 Å². The van der Waals surface area contributed by atoms with E-state index in [0.29, 0.717) is 19.0 Å². The van der Waals surface area contributed by atoms with Crippen LogP contribution in [0.2, 0.25) is 0 Å². The molecule has 164 valence electrons. The molecule has 1 amide bonds. The van der Waals surface area contributed by atoms with Crippen LogP contribution in [0.1, 0.15) is 83.7 Å². The smallest absolute Gasteiger partial charge is 0.410 e. The van der Waals surface area contributed by atoms with Gasteiger partial charge in [-0.25, -0.2) is 9.78 Å². The summed E-state index contributed by atoms with van der Waals surface area (Å²) in [5.74, 6) is 1.35. The summed E-state index contributed by atoms with van der Waals surface area (Å²) in [6.07, 6.45) is 6.46. The van der Waals surface area contributed by atoms with E-state index in [4.69, 9.17) is 9.72 Å². The Bertz CT molecular complexity index is 909. The highest BCUT2D eigenvalue weighted by Gasteiger charge is 2.24. The highest BCUT2D eigenvalue weighted by atomic mass is 32.1. The Morgan fingerprint density at radius 3 is 2.67 bits per heavy atom. The second-order valence-corrected chi connectivity index (χ2v) is 10.7. The first-order valence-corrected chi connectivity index (χ1v) is 12.1. The lowest BCUT2D eigenvalue weighted by Crippen LogP contribution is -2.39. The van der Waals surface area contributed by atoms with Crippen molar-refractivity contribution < 1.29 is 9.53 Å². The van der Waals surface area contributed by atoms with Crippen LogP contribution in [0.25, 0.3) is 15.8 Å². The number of nitrogens with zero attached hydrogens (tertiary/aromatic N) is 2. The van der Waals surface area contributed by atoms with Crippen LogP contribution in [0.5, 0.6) is 0 Å².